The fraction of sp³-hybridized carbons (Fsp3) is 0.385. The van der Waals surface area contributed by atoms with Gasteiger partial charge in [-0.25, -0.2) is 4.79 Å². The molecule has 0 unspecified atom stereocenters. The zero-order chi connectivity index (χ0) is 12.4. The third-order valence-corrected chi connectivity index (χ3v) is 3.19. The van der Waals surface area contributed by atoms with Gasteiger partial charge in [-0.3, -0.25) is 0 Å². The van der Waals surface area contributed by atoms with Gasteiger partial charge in [-0.2, -0.15) is 0 Å². The van der Waals surface area contributed by atoms with Crippen molar-refractivity contribution in [2.24, 2.45) is 11.1 Å². The van der Waals surface area contributed by atoms with E-state index in [1.807, 2.05) is 30.3 Å². The SMILES string of the molecule is O=C(OCc1ccccc1)N1CC2=NOC[C@H]2C1. The Morgan fingerprint density at radius 2 is 2.28 bits per heavy atom. The number of benzene rings is 1. The number of amides is 1. The summed E-state index contributed by atoms with van der Waals surface area (Å²) in [5, 5.41) is 3.92. The number of hydrogen-bond acceptors (Lipinski definition) is 4. The van der Waals surface area contributed by atoms with Crippen molar-refractivity contribution < 1.29 is 14.4 Å². The largest absolute Gasteiger partial charge is 0.445 e. The van der Waals surface area contributed by atoms with Gasteiger partial charge in [0.15, 0.2) is 0 Å². The number of likely N-dealkylation sites (tertiary alicyclic amines) is 1. The Kier molecular flexibility index (Phi) is 2.88. The monoisotopic (exact) mass is 246 g/mol. The van der Waals surface area contributed by atoms with Crippen LogP contribution in [-0.2, 0) is 16.2 Å². The van der Waals surface area contributed by atoms with Crippen LogP contribution in [0.2, 0.25) is 0 Å². The van der Waals surface area contributed by atoms with E-state index in [0.29, 0.717) is 26.3 Å². The van der Waals surface area contributed by atoms with Crippen molar-refractivity contribution in [1.29, 1.82) is 0 Å². The maximum atomic E-state index is 11.9. The summed E-state index contributed by atoms with van der Waals surface area (Å²) in [6.45, 7) is 2.06. The highest BCUT2D eigenvalue weighted by atomic mass is 16.6. The van der Waals surface area contributed by atoms with Crippen LogP contribution in [0, 0.1) is 5.92 Å². The molecule has 94 valence electrons. The normalized spacial score (nSPS) is 21.2. The number of ether oxygens (including phenoxy) is 1. The number of carbonyl (C=O) groups is 1. The molecule has 1 fully saturated rings. The minimum Gasteiger partial charge on any atom is -0.445 e. The molecule has 1 aromatic carbocycles. The second kappa shape index (κ2) is 4.68. The van der Waals surface area contributed by atoms with Crippen LogP contribution in [0.1, 0.15) is 5.56 Å². The third-order valence-electron chi connectivity index (χ3n) is 3.19. The van der Waals surface area contributed by atoms with Gasteiger partial charge in [0.2, 0.25) is 0 Å². The molecule has 2 aliphatic heterocycles. The lowest BCUT2D eigenvalue weighted by molar-refractivity contribution is 0.0954. The molecule has 18 heavy (non-hydrogen) atoms. The Morgan fingerprint density at radius 3 is 3.06 bits per heavy atom. The van der Waals surface area contributed by atoms with Crippen LogP contribution in [0.4, 0.5) is 4.79 Å². The van der Waals surface area contributed by atoms with E-state index in [9.17, 15) is 4.79 Å². The van der Waals surface area contributed by atoms with Crippen LogP contribution in [0.3, 0.4) is 0 Å². The summed E-state index contributed by atoms with van der Waals surface area (Å²) < 4.78 is 5.27. The highest BCUT2D eigenvalue weighted by Crippen LogP contribution is 2.20. The van der Waals surface area contributed by atoms with Crippen LogP contribution >= 0.6 is 0 Å². The van der Waals surface area contributed by atoms with Gasteiger partial charge >= 0.3 is 6.09 Å². The molecule has 0 bridgehead atoms. The topological polar surface area (TPSA) is 51.1 Å². The Labute approximate surface area is 105 Å². The number of carbonyl (C=O) groups excluding carboxylic acids is 1. The minimum atomic E-state index is -0.282. The highest BCUT2D eigenvalue weighted by Gasteiger charge is 2.36. The average Bonchev–Trinajstić information content (AvgIpc) is 2.98. The van der Waals surface area contributed by atoms with Crippen LogP contribution in [0.15, 0.2) is 35.5 Å². The van der Waals surface area contributed by atoms with Crippen molar-refractivity contribution in [3.63, 3.8) is 0 Å². The van der Waals surface area contributed by atoms with Crippen LogP contribution < -0.4 is 0 Å². The molecular formula is C13H14N2O3. The number of fused-ring (bicyclic) bond motifs is 1. The molecule has 3 rings (SSSR count). The first kappa shape index (κ1) is 11.1. The molecule has 0 radical (unpaired) electrons. The molecular weight excluding hydrogens is 232 g/mol. The Bertz CT molecular complexity index is 472. The summed E-state index contributed by atoms with van der Waals surface area (Å²) >= 11 is 0. The molecule has 0 N–H and O–H groups in total. The van der Waals surface area contributed by atoms with Crippen LogP contribution in [-0.4, -0.2) is 36.4 Å². The van der Waals surface area contributed by atoms with Crippen molar-refractivity contribution in [3.05, 3.63) is 35.9 Å². The van der Waals surface area contributed by atoms with E-state index in [0.717, 1.165) is 11.3 Å². The fourth-order valence-electron chi connectivity index (χ4n) is 2.17. The van der Waals surface area contributed by atoms with Crippen molar-refractivity contribution in [2.45, 2.75) is 6.61 Å². The zero-order valence-corrected chi connectivity index (χ0v) is 9.91. The van der Waals surface area contributed by atoms with Gasteiger partial charge in [0, 0.05) is 6.54 Å². The maximum absolute atomic E-state index is 11.9. The first-order chi connectivity index (χ1) is 8.83. The average molecular weight is 246 g/mol. The standard InChI is InChI=1S/C13H14N2O3/c16-13(17-8-10-4-2-1-3-5-10)15-6-11-9-18-14-12(11)7-15/h1-5,11H,6-9H2/t11-/m1/s1. The van der Waals surface area contributed by atoms with E-state index in [1.54, 1.807) is 4.90 Å². The van der Waals surface area contributed by atoms with E-state index < -0.39 is 0 Å². The molecule has 0 aliphatic carbocycles. The van der Waals surface area contributed by atoms with Gasteiger partial charge < -0.3 is 14.5 Å². The lowest BCUT2D eigenvalue weighted by atomic mass is 10.1. The predicted molar refractivity (Wildman–Crippen MR) is 65.1 cm³/mol. The highest BCUT2D eigenvalue weighted by molar-refractivity contribution is 5.94. The Morgan fingerprint density at radius 1 is 1.44 bits per heavy atom. The summed E-state index contributed by atoms with van der Waals surface area (Å²) in [5.41, 5.74) is 1.94. The van der Waals surface area contributed by atoms with E-state index in [1.165, 1.54) is 0 Å². The van der Waals surface area contributed by atoms with E-state index in [-0.39, 0.29) is 12.0 Å². The molecule has 2 heterocycles. The summed E-state index contributed by atoms with van der Waals surface area (Å²) in [6.07, 6.45) is -0.282. The molecule has 0 aromatic heterocycles. The molecule has 2 aliphatic rings. The number of rotatable bonds is 2. The van der Waals surface area contributed by atoms with Gasteiger partial charge in [-0.1, -0.05) is 35.5 Å². The summed E-state index contributed by atoms with van der Waals surface area (Å²) in [5.74, 6) is 0.259. The van der Waals surface area contributed by atoms with Crippen molar-refractivity contribution in [2.75, 3.05) is 19.7 Å². The minimum absolute atomic E-state index is 0.259. The van der Waals surface area contributed by atoms with E-state index in [2.05, 4.69) is 5.16 Å². The van der Waals surface area contributed by atoms with Crippen molar-refractivity contribution in [3.8, 4) is 0 Å². The van der Waals surface area contributed by atoms with Gasteiger partial charge in [-0.05, 0) is 5.56 Å². The molecule has 1 amide bonds. The van der Waals surface area contributed by atoms with Gasteiger partial charge in [-0.15, -0.1) is 0 Å². The lowest BCUT2D eigenvalue weighted by Crippen LogP contribution is -2.30. The summed E-state index contributed by atoms with van der Waals surface area (Å²) in [4.78, 5) is 18.5. The van der Waals surface area contributed by atoms with Crippen LogP contribution in [0.25, 0.3) is 0 Å². The fourth-order valence-corrected chi connectivity index (χ4v) is 2.17. The summed E-state index contributed by atoms with van der Waals surface area (Å²) in [7, 11) is 0. The van der Waals surface area contributed by atoms with Gasteiger partial charge in [0.1, 0.15) is 13.2 Å². The van der Waals surface area contributed by atoms with E-state index in [4.69, 9.17) is 9.57 Å². The smallest absolute Gasteiger partial charge is 0.410 e. The Balaban J connectivity index is 1.53. The van der Waals surface area contributed by atoms with E-state index >= 15 is 0 Å². The lowest BCUT2D eigenvalue weighted by Gasteiger charge is -2.15. The quantitative estimate of drug-likeness (QED) is 0.797. The van der Waals surface area contributed by atoms with Gasteiger partial charge in [0.05, 0.1) is 18.2 Å². The van der Waals surface area contributed by atoms with Crippen molar-refractivity contribution in [1.82, 2.24) is 4.90 Å². The maximum Gasteiger partial charge on any atom is 0.410 e. The van der Waals surface area contributed by atoms with Gasteiger partial charge in [0.25, 0.3) is 0 Å². The molecule has 5 heteroatoms. The molecule has 1 aromatic rings. The third kappa shape index (κ3) is 2.16. The summed E-state index contributed by atoms with van der Waals surface area (Å²) in [6, 6.07) is 9.66. The van der Waals surface area contributed by atoms with Crippen LogP contribution in [0.5, 0.6) is 0 Å². The number of nitrogens with zero attached hydrogens (tertiary/aromatic N) is 2. The molecule has 0 saturated carbocycles. The molecule has 5 nitrogen and oxygen atoms in total. The number of hydrogen-bond donors (Lipinski definition) is 0. The van der Waals surface area contributed by atoms with Crippen molar-refractivity contribution >= 4 is 11.8 Å². The molecule has 0 spiro atoms. The number of oxime groups is 1. The first-order valence-electron chi connectivity index (χ1n) is 5.97. The zero-order valence-electron chi connectivity index (χ0n) is 9.91. The first-order valence-corrected chi connectivity index (χ1v) is 5.97. The molecule has 1 saturated heterocycles. The molecule has 1 atom stereocenters. The predicted octanol–water partition coefficient (Wildman–Crippen LogP) is 1.64. The Hall–Kier alpha value is -2.04. The second-order valence-electron chi connectivity index (χ2n) is 4.50. The second-order valence-corrected chi connectivity index (χ2v) is 4.50.